The summed E-state index contributed by atoms with van der Waals surface area (Å²) in [5.41, 5.74) is 3.80. The third kappa shape index (κ3) is 4.05. The van der Waals surface area contributed by atoms with Crippen LogP contribution in [0, 0.1) is 0 Å². The molecule has 0 spiro atoms. The number of hydrogen-bond acceptors (Lipinski definition) is 4. The van der Waals surface area contributed by atoms with Crippen LogP contribution in [0.1, 0.15) is 33.0 Å². The third-order valence-corrected chi connectivity index (χ3v) is 6.56. The van der Waals surface area contributed by atoms with Crippen LogP contribution in [0.5, 0.6) is 0 Å². The van der Waals surface area contributed by atoms with Crippen LogP contribution in [0.3, 0.4) is 0 Å². The minimum Gasteiger partial charge on any atom is -0.394 e. The number of amides is 2. The summed E-state index contributed by atoms with van der Waals surface area (Å²) in [5.74, 6) is -0.302. The van der Waals surface area contributed by atoms with Gasteiger partial charge in [-0.25, -0.2) is 0 Å². The van der Waals surface area contributed by atoms with Gasteiger partial charge in [0.1, 0.15) is 6.54 Å². The Morgan fingerprint density at radius 2 is 1.64 bits per heavy atom. The Kier molecular flexibility index (Phi) is 5.75. The second-order valence-corrected chi connectivity index (χ2v) is 8.48. The topological polar surface area (TPSA) is 73.7 Å². The summed E-state index contributed by atoms with van der Waals surface area (Å²) in [7, 11) is 0. The molecule has 1 N–H and O–H groups in total. The summed E-state index contributed by atoms with van der Waals surface area (Å²) < 4.78 is 0. The zero-order valence-corrected chi connectivity index (χ0v) is 18.1. The standard InChI is InChI=1S/C27H25N3O3/c31-18-24-26(21-10-8-20(9-11-21)7-6-19-4-2-1-3-5-19)23-16-29(17-25(32)30(23)24)27(33)22-12-14-28-15-13-22/h1-15,23-24,26,31H,16-18H2/b7-6+/t23-,24+,26-/m0/s1. The van der Waals surface area contributed by atoms with Crippen molar-refractivity contribution in [3.05, 3.63) is 101 Å². The molecule has 1 aromatic heterocycles. The van der Waals surface area contributed by atoms with Gasteiger partial charge in [-0.3, -0.25) is 14.6 Å². The van der Waals surface area contributed by atoms with Gasteiger partial charge >= 0.3 is 0 Å². The molecule has 0 aliphatic carbocycles. The first kappa shape index (κ1) is 21.1. The van der Waals surface area contributed by atoms with E-state index < -0.39 is 0 Å². The number of benzene rings is 2. The molecule has 2 aromatic carbocycles. The number of fused-ring (bicyclic) bond motifs is 1. The van der Waals surface area contributed by atoms with Crippen LogP contribution in [-0.2, 0) is 4.79 Å². The lowest BCUT2D eigenvalue weighted by Crippen LogP contribution is -2.73. The van der Waals surface area contributed by atoms with E-state index in [0.29, 0.717) is 12.1 Å². The molecule has 2 amide bonds. The first-order valence-corrected chi connectivity index (χ1v) is 11.1. The van der Waals surface area contributed by atoms with Gasteiger partial charge in [0.15, 0.2) is 0 Å². The number of aliphatic hydroxyl groups is 1. The largest absolute Gasteiger partial charge is 0.394 e. The van der Waals surface area contributed by atoms with Gasteiger partial charge in [-0.15, -0.1) is 0 Å². The van der Waals surface area contributed by atoms with Crippen LogP contribution in [0.15, 0.2) is 79.1 Å². The van der Waals surface area contributed by atoms with E-state index in [4.69, 9.17) is 0 Å². The second kappa shape index (κ2) is 9.00. The van der Waals surface area contributed by atoms with Crippen LogP contribution in [-0.4, -0.2) is 63.5 Å². The Labute approximate surface area is 192 Å². The maximum Gasteiger partial charge on any atom is 0.254 e. The van der Waals surface area contributed by atoms with Crippen molar-refractivity contribution in [2.24, 2.45) is 0 Å². The quantitative estimate of drug-likeness (QED) is 0.620. The highest BCUT2D eigenvalue weighted by Gasteiger charge is 2.54. The van der Waals surface area contributed by atoms with E-state index in [0.717, 1.165) is 16.7 Å². The third-order valence-electron chi connectivity index (χ3n) is 6.56. The Balaban J connectivity index is 1.34. The van der Waals surface area contributed by atoms with E-state index in [1.807, 2.05) is 18.2 Å². The zero-order valence-electron chi connectivity index (χ0n) is 18.1. The highest BCUT2D eigenvalue weighted by Crippen LogP contribution is 2.43. The Hall–Kier alpha value is -3.77. The molecule has 2 aliphatic rings. The average Bonchev–Trinajstić information content (AvgIpc) is 2.85. The minimum atomic E-state index is -0.258. The van der Waals surface area contributed by atoms with Crippen LogP contribution in [0.2, 0.25) is 0 Å². The summed E-state index contributed by atoms with van der Waals surface area (Å²) in [6.45, 7) is 0.384. The Morgan fingerprint density at radius 3 is 2.30 bits per heavy atom. The van der Waals surface area contributed by atoms with E-state index in [2.05, 4.69) is 53.5 Å². The Bertz CT molecular complexity index is 1160. The maximum absolute atomic E-state index is 12.9. The summed E-state index contributed by atoms with van der Waals surface area (Å²) in [6, 6.07) is 21.3. The molecule has 0 saturated carbocycles. The molecular formula is C27H25N3O3. The monoisotopic (exact) mass is 439 g/mol. The number of aromatic nitrogens is 1. The molecular weight excluding hydrogens is 414 g/mol. The molecule has 6 nitrogen and oxygen atoms in total. The first-order chi connectivity index (χ1) is 16.2. The molecule has 0 radical (unpaired) electrons. The number of nitrogens with zero attached hydrogens (tertiary/aromatic N) is 3. The summed E-state index contributed by atoms with van der Waals surface area (Å²) in [5, 5.41) is 10.00. The van der Waals surface area contributed by atoms with Crippen molar-refractivity contribution in [2.75, 3.05) is 19.7 Å². The van der Waals surface area contributed by atoms with Crippen LogP contribution in [0.25, 0.3) is 12.2 Å². The van der Waals surface area contributed by atoms with Crippen LogP contribution in [0.4, 0.5) is 0 Å². The van der Waals surface area contributed by atoms with Crippen molar-refractivity contribution in [1.82, 2.24) is 14.8 Å². The van der Waals surface area contributed by atoms with Gasteiger partial charge < -0.3 is 14.9 Å². The number of hydrogen-bond donors (Lipinski definition) is 1. The van der Waals surface area contributed by atoms with Crippen molar-refractivity contribution in [3.8, 4) is 0 Å². The predicted octanol–water partition coefficient (Wildman–Crippen LogP) is 3.06. The Morgan fingerprint density at radius 1 is 0.970 bits per heavy atom. The molecule has 3 heterocycles. The number of pyridine rings is 1. The molecule has 3 atom stereocenters. The summed E-state index contributed by atoms with van der Waals surface area (Å²) in [4.78, 5) is 33.1. The molecule has 166 valence electrons. The predicted molar refractivity (Wildman–Crippen MR) is 126 cm³/mol. The molecule has 0 unspecified atom stereocenters. The van der Waals surface area contributed by atoms with Crippen molar-refractivity contribution < 1.29 is 14.7 Å². The SMILES string of the molecule is O=C(c1ccncc1)N1CC(=O)N2[C@H](CO)[C@@H](c3ccc(/C=C/c4ccccc4)cc3)[C@@H]2C1. The van der Waals surface area contributed by atoms with Gasteiger partial charge in [-0.1, -0.05) is 66.7 Å². The summed E-state index contributed by atoms with van der Waals surface area (Å²) >= 11 is 0. The molecule has 5 rings (SSSR count). The highest BCUT2D eigenvalue weighted by atomic mass is 16.3. The number of carbonyl (C=O) groups is 2. The summed E-state index contributed by atoms with van der Waals surface area (Å²) in [6.07, 6.45) is 7.29. The zero-order chi connectivity index (χ0) is 22.8. The van der Waals surface area contributed by atoms with Crippen molar-refractivity contribution >= 4 is 24.0 Å². The van der Waals surface area contributed by atoms with Crippen LogP contribution < -0.4 is 0 Å². The fourth-order valence-electron chi connectivity index (χ4n) is 4.92. The fraction of sp³-hybridized carbons (Fsp3) is 0.222. The van der Waals surface area contributed by atoms with Gasteiger partial charge in [0.25, 0.3) is 5.91 Å². The molecule has 33 heavy (non-hydrogen) atoms. The molecule has 3 aromatic rings. The molecule has 2 aliphatic heterocycles. The lowest BCUT2D eigenvalue weighted by molar-refractivity contribution is -0.159. The normalized spacial score (nSPS) is 22.2. The average molecular weight is 440 g/mol. The van der Waals surface area contributed by atoms with E-state index in [1.165, 1.54) is 0 Å². The van der Waals surface area contributed by atoms with E-state index in [-0.39, 0.29) is 43.0 Å². The van der Waals surface area contributed by atoms with Gasteiger partial charge in [-0.2, -0.15) is 0 Å². The molecule has 6 heteroatoms. The minimum absolute atomic E-state index is 0.0147. The smallest absolute Gasteiger partial charge is 0.254 e. The van der Waals surface area contributed by atoms with Gasteiger partial charge in [0.2, 0.25) is 5.91 Å². The van der Waals surface area contributed by atoms with Gasteiger partial charge in [0, 0.05) is 30.4 Å². The number of carbonyl (C=O) groups excluding carboxylic acids is 2. The molecule has 2 saturated heterocycles. The maximum atomic E-state index is 12.9. The van der Waals surface area contributed by atoms with E-state index in [9.17, 15) is 14.7 Å². The van der Waals surface area contributed by atoms with Crippen molar-refractivity contribution in [3.63, 3.8) is 0 Å². The van der Waals surface area contributed by atoms with Gasteiger partial charge in [0.05, 0.1) is 18.7 Å². The van der Waals surface area contributed by atoms with Crippen molar-refractivity contribution in [2.45, 2.75) is 18.0 Å². The van der Waals surface area contributed by atoms with Crippen LogP contribution >= 0.6 is 0 Å². The lowest BCUT2D eigenvalue weighted by atomic mass is 9.73. The second-order valence-electron chi connectivity index (χ2n) is 8.48. The number of piperazine rings is 1. The number of aliphatic hydroxyl groups excluding tert-OH is 1. The van der Waals surface area contributed by atoms with E-state index in [1.54, 1.807) is 34.3 Å². The van der Waals surface area contributed by atoms with Crippen molar-refractivity contribution in [1.29, 1.82) is 0 Å². The highest BCUT2D eigenvalue weighted by molar-refractivity contribution is 5.97. The molecule has 2 fully saturated rings. The first-order valence-electron chi connectivity index (χ1n) is 11.1. The lowest BCUT2D eigenvalue weighted by Gasteiger charge is -2.58. The van der Waals surface area contributed by atoms with E-state index >= 15 is 0 Å². The van der Waals surface area contributed by atoms with Gasteiger partial charge in [-0.05, 0) is 28.8 Å². The number of rotatable bonds is 5. The molecule has 0 bridgehead atoms. The fourth-order valence-corrected chi connectivity index (χ4v) is 4.92.